The van der Waals surface area contributed by atoms with E-state index in [0.717, 1.165) is 16.4 Å². The molecule has 2 unspecified atom stereocenters. The first kappa shape index (κ1) is 30.9. The molecule has 5 rings (SSSR count). The Hall–Kier alpha value is -2.59. The number of aromatic nitrogens is 2. The van der Waals surface area contributed by atoms with E-state index in [1.54, 1.807) is 26.0 Å². The number of benzene rings is 1. The summed E-state index contributed by atoms with van der Waals surface area (Å²) in [6.07, 6.45) is -2.09. The molecule has 1 amide bonds. The van der Waals surface area contributed by atoms with Crippen molar-refractivity contribution in [3.63, 3.8) is 0 Å². The molecule has 1 N–H and O–H groups in total. The van der Waals surface area contributed by atoms with Gasteiger partial charge in [-0.05, 0) is 87.3 Å². The Labute approximate surface area is 252 Å². The van der Waals surface area contributed by atoms with Crippen LogP contribution in [0.25, 0.3) is 0 Å². The molecule has 0 bridgehead atoms. The van der Waals surface area contributed by atoms with E-state index in [0.29, 0.717) is 24.7 Å². The molecule has 3 saturated carbocycles. The van der Waals surface area contributed by atoms with Gasteiger partial charge < -0.3 is 10.0 Å². The van der Waals surface area contributed by atoms with Gasteiger partial charge in [-0.3, -0.25) is 19.1 Å². The van der Waals surface area contributed by atoms with Gasteiger partial charge in [-0.2, -0.15) is 18.3 Å². The van der Waals surface area contributed by atoms with E-state index in [2.05, 4.69) is 18.9 Å². The van der Waals surface area contributed by atoms with Crippen molar-refractivity contribution in [1.82, 2.24) is 14.7 Å². The largest absolute Gasteiger partial charge is 0.481 e. The van der Waals surface area contributed by atoms with Gasteiger partial charge >= 0.3 is 12.1 Å². The molecule has 3 fully saturated rings. The Morgan fingerprint density at radius 2 is 1.62 bits per heavy atom. The third kappa shape index (κ3) is 5.34. The molecule has 2 atom stereocenters. The van der Waals surface area contributed by atoms with Gasteiger partial charge in [-0.1, -0.05) is 37.0 Å². The number of hydrogen-bond acceptors (Lipinski definition) is 4. The predicted octanol–water partition coefficient (Wildman–Crippen LogP) is 7.48. The van der Waals surface area contributed by atoms with Crippen LogP contribution < -0.4 is 0 Å². The van der Waals surface area contributed by atoms with E-state index in [4.69, 9.17) is 23.2 Å². The van der Waals surface area contributed by atoms with E-state index in [9.17, 15) is 32.7 Å². The van der Waals surface area contributed by atoms with Gasteiger partial charge in [-0.15, -0.1) is 0 Å². The Morgan fingerprint density at radius 3 is 2.12 bits per heavy atom. The van der Waals surface area contributed by atoms with E-state index < -0.39 is 59.1 Å². The van der Waals surface area contributed by atoms with Crippen LogP contribution in [0.5, 0.6) is 0 Å². The summed E-state index contributed by atoms with van der Waals surface area (Å²) < 4.78 is 44.6. The summed E-state index contributed by atoms with van der Waals surface area (Å²) in [6.45, 7) is 7.14. The summed E-state index contributed by atoms with van der Waals surface area (Å²) >= 11 is 12.7. The third-order valence-corrected chi connectivity index (χ3v) is 10.6. The number of aliphatic carboxylic acids is 1. The molecule has 0 aliphatic heterocycles. The molecule has 7 nitrogen and oxygen atoms in total. The number of hydrogen-bond donors (Lipinski definition) is 1. The number of aryl methyl sites for hydroxylation is 1. The Balaban J connectivity index is 1.48. The number of amides is 1. The standard InChI is InChI=1S/C30H34Cl2F3N3O4/c1-15-9-21(31)24(22(32)10-15)23(39)14-37(17-11-19-20(12-17)28(19,2)3)26(40)18-13-36-38(25(18)30(33,34)35)16-5-7-29(4,8-6-16)27(41)42/h9-10,13,16-17,19-20H,5-8,11-12,14H2,1-4H3,(H,41,42). The van der Waals surface area contributed by atoms with Crippen molar-refractivity contribution in [2.24, 2.45) is 22.7 Å². The van der Waals surface area contributed by atoms with Crippen LogP contribution in [0, 0.1) is 29.6 Å². The fourth-order valence-corrected chi connectivity index (χ4v) is 8.04. The number of nitrogens with zero attached hydrogens (tertiary/aromatic N) is 3. The Morgan fingerprint density at radius 1 is 1.07 bits per heavy atom. The molecule has 0 spiro atoms. The number of carboxylic acid groups (broad SMARTS) is 1. The second-order valence-corrected chi connectivity index (χ2v) is 13.9. The minimum Gasteiger partial charge on any atom is -0.481 e. The highest BCUT2D eigenvalue weighted by atomic mass is 35.5. The van der Waals surface area contributed by atoms with Crippen LogP contribution in [0.3, 0.4) is 0 Å². The van der Waals surface area contributed by atoms with Gasteiger partial charge in [0.2, 0.25) is 0 Å². The molecule has 1 aromatic heterocycles. The zero-order valence-corrected chi connectivity index (χ0v) is 25.4. The number of carbonyl (C=O) groups excluding carboxylic acids is 2. The Kier molecular flexibility index (Phi) is 7.74. The second kappa shape index (κ2) is 10.5. The van der Waals surface area contributed by atoms with Crippen LogP contribution in [0.15, 0.2) is 18.3 Å². The molecular formula is C30H34Cl2F3N3O4. The van der Waals surface area contributed by atoms with Crippen molar-refractivity contribution in [1.29, 1.82) is 0 Å². The highest BCUT2D eigenvalue weighted by molar-refractivity contribution is 6.40. The predicted molar refractivity (Wildman–Crippen MR) is 151 cm³/mol. The van der Waals surface area contributed by atoms with Crippen LogP contribution in [0.1, 0.15) is 97.3 Å². The van der Waals surface area contributed by atoms with Crippen LogP contribution in [-0.4, -0.2) is 50.0 Å². The smallest absolute Gasteiger partial charge is 0.433 e. The molecule has 228 valence electrons. The lowest BCUT2D eigenvalue weighted by molar-refractivity contribution is -0.152. The molecule has 1 heterocycles. The molecule has 0 radical (unpaired) electrons. The average Bonchev–Trinajstić information content (AvgIpc) is 3.30. The number of rotatable bonds is 7. The van der Waals surface area contributed by atoms with E-state index in [1.807, 2.05) is 0 Å². The minimum atomic E-state index is -4.91. The number of fused-ring (bicyclic) bond motifs is 1. The minimum absolute atomic E-state index is 0.0284. The van der Waals surface area contributed by atoms with Crippen molar-refractivity contribution >= 4 is 40.9 Å². The maximum absolute atomic E-state index is 14.6. The lowest BCUT2D eigenvalue weighted by atomic mass is 9.74. The van der Waals surface area contributed by atoms with Crippen LogP contribution in [0.4, 0.5) is 13.2 Å². The van der Waals surface area contributed by atoms with Gasteiger partial charge in [0.25, 0.3) is 5.91 Å². The SMILES string of the molecule is Cc1cc(Cl)c(C(=O)CN(C(=O)c2cnn(C3CCC(C)(C(=O)O)CC3)c2C(F)(F)F)C2CC3C(C2)C3(C)C)c(Cl)c1. The summed E-state index contributed by atoms with van der Waals surface area (Å²) in [5, 5.41) is 13.8. The zero-order chi connectivity index (χ0) is 30.9. The number of halogens is 5. The number of alkyl halides is 3. The van der Waals surface area contributed by atoms with E-state index >= 15 is 0 Å². The van der Waals surface area contributed by atoms with Gasteiger partial charge in [-0.25, -0.2) is 0 Å². The maximum atomic E-state index is 14.6. The van der Waals surface area contributed by atoms with E-state index in [1.165, 1.54) is 4.90 Å². The first-order chi connectivity index (χ1) is 19.5. The van der Waals surface area contributed by atoms with Crippen molar-refractivity contribution in [2.45, 2.75) is 84.5 Å². The highest BCUT2D eigenvalue weighted by Crippen LogP contribution is 2.67. The van der Waals surface area contributed by atoms with E-state index in [-0.39, 0.29) is 46.7 Å². The zero-order valence-electron chi connectivity index (χ0n) is 23.9. The first-order valence-corrected chi connectivity index (χ1v) is 14.9. The molecule has 1 aromatic carbocycles. The summed E-state index contributed by atoms with van der Waals surface area (Å²) in [5.41, 5.74) is -1.96. The van der Waals surface area contributed by atoms with Crippen molar-refractivity contribution < 1.29 is 32.7 Å². The van der Waals surface area contributed by atoms with Crippen LogP contribution in [0.2, 0.25) is 10.0 Å². The van der Waals surface area contributed by atoms with Crippen molar-refractivity contribution in [3.8, 4) is 0 Å². The lowest BCUT2D eigenvalue weighted by Gasteiger charge is -2.35. The second-order valence-electron chi connectivity index (χ2n) is 13.1. The van der Waals surface area contributed by atoms with Gasteiger partial charge in [0, 0.05) is 6.04 Å². The normalized spacial score (nSPS) is 28.3. The summed E-state index contributed by atoms with van der Waals surface area (Å²) in [7, 11) is 0. The molecular weight excluding hydrogens is 594 g/mol. The fourth-order valence-electron chi connectivity index (χ4n) is 7.23. The van der Waals surface area contributed by atoms with Crippen LogP contribution >= 0.6 is 23.2 Å². The topological polar surface area (TPSA) is 92.5 Å². The van der Waals surface area contributed by atoms with Gasteiger partial charge in [0.1, 0.15) is 0 Å². The number of carbonyl (C=O) groups is 3. The number of carboxylic acids is 1. The quantitative estimate of drug-likeness (QED) is 0.321. The molecule has 3 aliphatic carbocycles. The monoisotopic (exact) mass is 627 g/mol. The average molecular weight is 629 g/mol. The van der Waals surface area contributed by atoms with Crippen molar-refractivity contribution in [3.05, 3.63) is 50.8 Å². The molecule has 2 aromatic rings. The summed E-state index contributed by atoms with van der Waals surface area (Å²) in [5.74, 6) is -1.83. The fraction of sp³-hybridized carbons (Fsp3) is 0.600. The highest BCUT2D eigenvalue weighted by Gasteiger charge is 2.63. The van der Waals surface area contributed by atoms with Crippen LogP contribution in [-0.2, 0) is 11.0 Å². The lowest BCUT2D eigenvalue weighted by Crippen LogP contribution is -2.44. The third-order valence-electron chi connectivity index (χ3n) is 10.0. The Bertz CT molecular complexity index is 1410. The molecule has 12 heteroatoms. The number of ketones is 1. The van der Waals surface area contributed by atoms with Crippen molar-refractivity contribution in [2.75, 3.05) is 6.54 Å². The molecule has 3 aliphatic rings. The summed E-state index contributed by atoms with van der Waals surface area (Å²) in [6, 6.07) is 2.01. The first-order valence-electron chi connectivity index (χ1n) is 14.1. The maximum Gasteiger partial charge on any atom is 0.433 e. The molecule has 0 saturated heterocycles. The number of Topliss-reactive ketones (excluding diaryl/α,β-unsaturated/α-hetero) is 1. The van der Waals surface area contributed by atoms with Gasteiger partial charge in [0.15, 0.2) is 11.5 Å². The molecule has 42 heavy (non-hydrogen) atoms. The summed E-state index contributed by atoms with van der Waals surface area (Å²) in [4.78, 5) is 40.5. The van der Waals surface area contributed by atoms with Gasteiger partial charge in [0.05, 0.1) is 45.4 Å².